The first-order valence-electron chi connectivity index (χ1n) is 5.11. The minimum absolute atomic E-state index is 0. The molecule has 2 fully saturated rings. The maximum absolute atomic E-state index is 11.2. The summed E-state index contributed by atoms with van der Waals surface area (Å²) in [6.07, 6.45) is 6.97. The predicted octanol–water partition coefficient (Wildman–Crippen LogP) is 1.92. The van der Waals surface area contributed by atoms with Gasteiger partial charge in [-0.15, -0.1) is 12.4 Å². The van der Waals surface area contributed by atoms with E-state index < -0.39 is 0 Å². The summed E-state index contributed by atoms with van der Waals surface area (Å²) in [5.41, 5.74) is 0. The Labute approximate surface area is 85.9 Å². The Bertz CT molecular complexity index is 178. The van der Waals surface area contributed by atoms with E-state index in [4.69, 9.17) is 0 Å². The molecular weight excluding hydrogens is 186 g/mol. The molecule has 2 aliphatic rings. The van der Waals surface area contributed by atoms with E-state index in [1.165, 1.54) is 25.7 Å². The van der Waals surface area contributed by atoms with E-state index in [-0.39, 0.29) is 12.4 Å². The van der Waals surface area contributed by atoms with Gasteiger partial charge in [-0.2, -0.15) is 0 Å². The molecule has 3 heteroatoms. The van der Waals surface area contributed by atoms with E-state index in [0.717, 1.165) is 25.3 Å². The zero-order valence-corrected chi connectivity index (χ0v) is 8.74. The van der Waals surface area contributed by atoms with Crippen LogP contribution in [-0.4, -0.2) is 18.4 Å². The largest absolute Gasteiger partial charge is 0.313 e. The van der Waals surface area contributed by atoms with Crippen molar-refractivity contribution in [2.24, 2.45) is 5.92 Å². The van der Waals surface area contributed by atoms with Crippen LogP contribution < -0.4 is 5.32 Å². The van der Waals surface area contributed by atoms with Gasteiger partial charge < -0.3 is 5.32 Å². The molecule has 2 nitrogen and oxygen atoms in total. The molecule has 1 saturated carbocycles. The molecule has 0 amide bonds. The molecule has 1 aliphatic carbocycles. The minimum Gasteiger partial charge on any atom is -0.313 e. The van der Waals surface area contributed by atoms with Gasteiger partial charge in [-0.3, -0.25) is 4.79 Å². The van der Waals surface area contributed by atoms with Crippen LogP contribution >= 0.6 is 12.4 Å². The van der Waals surface area contributed by atoms with Gasteiger partial charge in [0.1, 0.15) is 5.78 Å². The van der Waals surface area contributed by atoms with Gasteiger partial charge >= 0.3 is 0 Å². The lowest BCUT2D eigenvalue weighted by Gasteiger charge is -2.27. The third-order valence-corrected chi connectivity index (χ3v) is 3.23. The van der Waals surface area contributed by atoms with Crippen LogP contribution in [0.3, 0.4) is 0 Å². The number of rotatable bonds is 1. The van der Waals surface area contributed by atoms with Crippen molar-refractivity contribution in [3.05, 3.63) is 0 Å². The average Bonchev–Trinajstić information content (AvgIpc) is 2.56. The van der Waals surface area contributed by atoms with Crippen LogP contribution in [0, 0.1) is 5.92 Å². The number of Topliss-reactive ketones (excluding diaryl/α,β-unsaturated/α-hetero) is 1. The summed E-state index contributed by atoms with van der Waals surface area (Å²) >= 11 is 0. The molecule has 0 aromatic rings. The zero-order chi connectivity index (χ0) is 8.39. The first-order valence-corrected chi connectivity index (χ1v) is 5.11. The van der Waals surface area contributed by atoms with Crippen molar-refractivity contribution in [2.75, 3.05) is 6.54 Å². The highest BCUT2D eigenvalue weighted by Gasteiger charge is 2.28. The highest BCUT2D eigenvalue weighted by atomic mass is 35.5. The van der Waals surface area contributed by atoms with Crippen molar-refractivity contribution in [1.29, 1.82) is 0 Å². The topological polar surface area (TPSA) is 29.1 Å². The second-order valence-corrected chi connectivity index (χ2v) is 4.10. The van der Waals surface area contributed by atoms with Gasteiger partial charge in [-0.25, -0.2) is 0 Å². The molecule has 1 atom stereocenters. The number of nitrogens with one attached hydrogen (secondary N) is 1. The second-order valence-electron chi connectivity index (χ2n) is 4.10. The highest BCUT2D eigenvalue weighted by molar-refractivity contribution is 5.85. The lowest BCUT2D eigenvalue weighted by Crippen LogP contribution is -2.42. The Balaban J connectivity index is 0.000000845. The van der Waals surface area contributed by atoms with Crippen molar-refractivity contribution in [3.8, 4) is 0 Å². The molecule has 2 rings (SSSR count). The van der Waals surface area contributed by atoms with Crippen LogP contribution in [0.15, 0.2) is 0 Å². The van der Waals surface area contributed by atoms with Gasteiger partial charge in [0.25, 0.3) is 0 Å². The molecule has 1 heterocycles. The molecule has 0 aromatic carbocycles. The molecule has 1 saturated heterocycles. The molecule has 0 radical (unpaired) electrons. The van der Waals surface area contributed by atoms with Crippen molar-refractivity contribution >= 4 is 18.2 Å². The number of carbonyl (C=O) groups excluding carboxylic acids is 1. The van der Waals surface area contributed by atoms with Gasteiger partial charge in [0.05, 0.1) is 0 Å². The summed E-state index contributed by atoms with van der Waals surface area (Å²) in [5.74, 6) is 1.26. The lowest BCUT2D eigenvalue weighted by atomic mass is 9.90. The number of hydrogen-bond donors (Lipinski definition) is 1. The second kappa shape index (κ2) is 4.97. The fourth-order valence-corrected chi connectivity index (χ4v) is 2.51. The average molecular weight is 204 g/mol. The van der Waals surface area contributed by atoms with E-state index in [1.807, 2.05) is 0 Å². The van der Waals surface area contributed by atoms with Crippen LogP contribution in [0.5, 0.6) is 0 Å². The fraction of sp³-hybridized carbons (Fsp3) is 0.900. The molecule has 0 bridgehead atoms. The third kappa shape index (κ3) is 2.68. The van der Waals surface area contributed by atoms with E-state index >= 15 is 0 Å². The van der Waals surface area contributed by atoms with Crippen LogP contribution in [0.1, 0.15) is 38.5 Å². The van der Waals surface area contributed by atoms with Gasteiger partial charge in [0, 0.05) is 25.4 Å². The Kier molecular flexibility index (Phi) is 4.20. The Morgan fingerprint density at radius 1 is 1.23 bits per heavy atom. The van der Waals surface area contributed by atoms with Crippen molar-refractivity contribution < 1.29 is 4.79 Å². The van der Waals surface area contributed by atoms with Crippen LogP contribution in [0.2, 0.25) is 0 Å². The summed E-state index contributed by atoms with van der Waals surface area (Å²) in [6.45, 7) is 0.917. The van der Waals surface area contributed by atoms with E-state index in [1.54, 1.807) is 0 Å². The van der Waals surface area contributed by atoms with Gasteiger partial charge in [0.2, 0.25) is 0 Å². The molecule has 13 heavy (non-hydrogen) atoms. The lowest BCUT2D eigenvalue weighted by molar-refractivity contribution is -0.121. The molecule has 1 unspecified atom stereocenters. The molecule has 1 aliphatic heterocycles. The quantitative estimate of drug-likeness (QED) is 0.706. The molecule has 0 spiro atoms. The predicted molar refractivity (Wildman–Crippen MR) is 55.2 cm³/mol. The number of piperidine rings is 1. The Morgan fingerprint density at radius 3 is 2.54 bits per heavy atom. The Hall–Kier alpha value is -0.0800. The van der Waals surface area contributed by atoms with Crippen LogP contribution in [0.25, 0.3) is 0 Å². The van der Waals surface area contributed by atoms with Crippen LogP contribution in [0.4, 0.5) is 0 Å². The summed E-state index contributed by atoms with van der Waals surface area (Å²) in [5, 5.41) is 3.47. The molecular formula is C10H18ClNO. The first kappa shape index (κ1) is 11.0. The van der Waals surface area contributed by atoms with Crippen molar-refractivity contribution in [3.63, 3.8) is 0 Å². The molecule has 0 aromatic heterocycles. The number of hydrogen-bond acceptors (Lipinski definition) is 2. The normalized spacial score (nSPS) is 30.2. The van der Waals surface area contributed by atoms with E-state index in [0.29, 0.717) is 11.8 Å². The highest BCUT2D eigenvalue weighted by Crippen LogP contribution is 2.30. The zero-order valence-electron chi connectivity index (χ0n) is 7.92. The summed E-state index contributed by atoms with van der Waals surface area (Å²) in [6, 6.07) is 0.522. The third-order valence-electron chi connectivity index (χ3n) is 3.23. The molecule has 1 N–H and O–H groups in total. The first-order chi connectivity index (χ1) is 5.86. The molecule has 76 valence electrons. The van der Waals surface area contributed by atoms with Gasteiger partial charge in [-0.1, -0.05) is 12.8 Å². The standard InChI is InChI=1S/C10H17NO.ClH/c12-9-5-6-11-10(7-9)8-3-1-2-4-8;/h8,10-11H,1-7H2;1H. The number of ketones is 1. The maximum atomic E-state index is 11.2. The maximum Gasteiger partial charge on any atom is 0.135 e. The monoisotopic (exact) mass is 203 g/mol. The number of halogens is 1. The summed E-state index contributed by atoms with van der Waals surface area (Å²) < 4.78 is 0. The SMILES string of the molecule is Cl.O=C1CCNC(C2CCCC2)C1. The smallest absolute Gasteiger partial charge is 0.135 e. The van der Waals surface area contributed by atoms with Crippen molar-refractivity contribution in [1.82, 2.24) is 5.32 Å². The van der Waals surface area contributed by atoms with E-state index in [9.17, 15) is 4.79 Å². The summed E-state index contributed by atoms with van der Waals surface area (Å²) in [4.78, 5) is 11.2. The van der Waals surface area contributed by atoms with Crippen molar-refractivity contribution in [2.45, 2.75) is 44.6 Å². The number of carbonyl (C=O) groups is 1. The van der Waals surface area contributed by atoms with Gasteiger partial charge in [0.15, 0.2) is 0 Å². The van der Waals surface area contributed by atoms with E-state index in [2.05, 4.69) is 5.32 Å². The summed E-state index contributed by atoms with van der Waals surface area (Å²) in [7, 11) is 0. The minimum atomic E-state index is 0. The van der Waals surface area contributed by atoms with Gasteiger partial charge in [-0.05, 0) is 18.8 Å². The fourth-order valence-electron chi connectivity index (χ4n) is 2.51. The van der Waals surface area contributed by atoms with Crippen LogP contribution in [-0.2, 0) is 4.79 Å². The Morgan fingerprint density at radius 2 is 1.92 bits per heavy atom.